The van der Waals surface area contributed by atoms with Crippen molar-refractivity contribution in [2.75, 3.05) is 27.7 Å². The number of phenols is 2. The number of quaternary nitrogens is 1. The Morgan fingerprint density at radius 3 is 1.51 bits per heavy atom. The van der Waals surface area contributed by atoms with E-state index in [4.69, 9.17) is 25.0 Å². The van der Waals surface area contributed by atoms with Gasteiger partial charge in [0.2, 0.25) is 0 Å². The van der Waals surface area contributed by atoms with Crippen molar-refractivity contribution in [1.82, 2.24) is 0 Å². The maximum atomic E-state index is 11.1. The Morgan fingerprint density at radius 1 is 0.702 bits per heavy atom. The van der Waals surface area contributed by atoms with E-state index in [2.05, 4.69) is 101 Å². The second-order valence-electron chi connectivity index (χ2n) is 16.0. The first-order valence-corrected chi connectivity index (χ1v) is 19.9. The van der Waals surface area contributed by atoms with Gasteiger partial charge in [-0.25, -0.2) is 4.79 Å². The SMILES string of the molecule is CCCCCc1ccccc1-c1cc(C)c(O)c(C=NC2CCCCC2N=Cc2cc(-c3ccccc3CCCC[N+](C)(C)C)cc(C)c2O)c1.O=C(O)O.[CH3-].[Cr]. The zero-order valence-corrected chi connectivity index (χ0v) is 36.4. The fourth-order valence-corrected chi connectivity index (χ4v) is 7.42. The predicted molar refractivity (Wildman–Crippen MR) is 234 cm³/mol. The van der Waals surface area contributed by atoms with Crippen LogP contribution in [0.25, 0.3) is 22.3 Å². The molecule has 1 saturated carbocycles. The van der Waals surface area contributed by atoms with Crippen molar-refractivity contribution in [3.63, 3.8) is 0 Å². The summed E-state index contributed by atoms with van der Waals surface area (Å²) in [5.41, 5.74) is 10.6. The first-order valence-electron chi connectivity index (χ1n) is 19.9. The molecular formula is C48H65CrN3O5. The molecule has 8 nitrogen and oxygen atoms in total. The van der Waals surface area contributed by atoms with Crippen LogP contribution < -0.4 is 0 Å². The third-order valence-electron chi connectivity index (χ3n) is 10.4. The van der Waals surface area contributed by atoms with Crippen LogP contribution in [0.2, 0.25) is 0 Å². The van der Waals surface area contributed by atoms with Crippen molar-refractivity contribution >= 4 is 18.6 Å². The topological polar surface area (TPSA) is 123 Å². The minimum absolute atomic E-state index is 0. The van der Waals surface area contributed by atoms with Crippen molar-refractivity contribution in [3.05, 3.63) is 114 Å². The van der Waals surface area contributed by atoms with Crippen LogP contribution in [0, 0.1) is 21.3 Å². The number of hydrogen-bond donors (Lipinski definition) is 4. The molecular weight excluding hydrogens is 751 g/mol. The summed E-state index contributed by atoms with van der Waals surface area (Å²) >= 11 is 0. The molecule has 0 heterocycles. The molecule has 4 aromatic rings. The van der Waals surface area contributed by atoms with Crippen molar-refractivity contribution in [2.24, 2.45) is 9.98 Å². The number of carbonyl (C=O) groups is 1. The van der Waals surface area contributed by atoms with Gasteiger partial charge in [-0.15, -0.1) is 0 Å². The number of aliphatic imine (C=N–C) groups is 2. The maximum Gasteiger partial charge on any atom is 0.503 e. The van der Waals surface area contributed by atoms with Gasteiger partial charge >= 0.3 is 6.16 Å². The number of rotatable bonds is 15. The largest absolute Gasteiger partial charge is 0.507 e. The summed E-state index contributed by atoms with van der Waals surface area (Å²) in [5, 5.41) is 36.2. The van der Waals surface area contributed by atoms with Crippen LogP contribution in [-0.4, -0.2) is 83.3 Å². The van der Waals surface area contributed by atoms with E-state index in [0.29, 0.717) is 0 Å². The van der Waals surface area contributed by atoms with Crippen molar-refractivity contribution < 1.29 is 47.1 Å². The molecule has 57 heavy (non-hydrogen) atoms. The molecule has 5 rings (SSSR count). The first kappa shape index (κ1) is 48.7. The molecule has 0 bridgehead atoms. The van der Waals surface area contributed by atoms with Gasteiger partial charge in [-0.1, -0.05) is 81.1 Å². The zero-order chi connectivity index (χ0) is 40.0. The van der Waals surface area contributed by atoms with Crippen LogP contribution in [0.3, 0.4) is 0 Å². The smallest absolute Gasteiger partial charge is 0.503 e. The third-order valence-corrected chi connectivity index (χ3v) is 10.4. The number of benzene rings is 4. The molecule has 0 saturated heterocycles. The molecule has 1 aliphatic rings. The number of hydrogen-bond acceptors (Lipinski definition) is 5. The van der Waals surface area contributed by atoms with E-state index in [0.717, 1.165) is 89.4 Å². The number of carboxylic acid groups (broad SMARTS) is 2. The fraction of sp³-hybridized carbons (Fsp3) is 0.417. The van der Waals surface area contributed by atoms with Gasteiger partial charge in [-0.05, 0) is 128 Å². The Balaban J connectivity index is 0.00000178. The molecule has 0 aliphatic heterocycles. The molecule has 0 spiro atoms. The van der Waals surface area contributed by atoms with Crippen molar-refractivity contribution in [3.8, 4) is 33.8 Å². The maximum absolute atomic E-state index is 11.1. The van der Waals surface area contributed by atoms with E-state index in [1.165, 1.54) is 47.9 Å². The summed E-state index contributed by atoms with van der Waals surface area (Å²) in [6.45, 7) is 7.34. The van der Waals surface area contributed by atoms with Crippen LogP contribution in [-0.2, 0) is 30.2 Å². The van der Waals surface area contributed by atoms with E-state index in [9.17, 15) is 10.2 Å². The molecule has 1 fully saturated rings. The fourth-order valence-electron chi connectivity index (χ4n) is 7.42. The second-order valence-corrected chi connectivity index (χ2v) is 16.0. The van der Waals surface area contributed by atoms with Gasteiger partial charge in [0.15, 0.2) is 0 Å². The Hall–Kier alpha value is -4.42. The van der Waals surface area contributed by atoms with Gasteiger partial charge in [0.1, 0.15) is 11.5 Å². The standard InChI is InChI=1S/C46H59N3O2.CH2O3.CH3.Cr/c1-7-8-9-18-35-19-10-12-22-41(35)37-27-33(2)45(50)39(29-37)31-47-43-24-14-15-25-44(43)48-32-40-30-38(28-34(3)46(40)51)42-23-13-11-20-36(42)21-16-17-26-49(4,5)6;2-1(3)4;;/h10-13,19-20,22-23,27-32,43-44H,7-9,14-18,21,24-26H2,1-6H3,(H-,47,48,50,51);(H2,2,3,4);1H3;/q;;-1;/p+1. The van der Waals surface area contributed by atoms with E-state index in [1.807, 2.05) is 26.3 Å². The number of aryl methyl sites for hydroxylation is 4. The van der Waals surface area contributed by atoms with Crippen LogP contribution in [0.5, 0.6) is 11.5 Å². The van der Waals surface area contributed by atoms with Gasteiger partial charge in [-0.2, -0.15) is 0 Å². The summed E-state index contributed by atoms with van der Waals surface area (Å²) in [5.74, 6) is 0.568. The molecule has 4 N–H and O–H groups in total. The molecule has 4 aromatic carbocycles. The second kappa shape index (κ2) is 23.7. The molecule has 308 valence electrons. The summed E-state index contributed by atoms with van der Waals surface area (Å²) in [6, 6.07) is 25.7. The average Bonchev–Trinajstić information content (AvgIpc) is 3.14. The first-order chi connectivity index (χ1) is 26.3. The summed E-state index contributed by atoms with van der Waals surface area (Å²) in [4.78, 5) is 18.7. The predicted octanol–water partition coefficient (Wildman–Crippen LogP) is 11.3. The van der Waals surface area contributed by atoms with Crippen LogP contribution in [0.15, 0.2) is 82.8 Å². The van der Waals surface area contributed by atoms with Gasteiger partial charge in [0.25, 0.3) is 0 Å². The van der Waals surface area contributed by atoms with Gasteiger partial charge in [0.05, 0.1) is 39.8 Å². The molecule has 2 unspecified atom stereocenters. The Labute approximate surface area is 352 Å². The summed E-state index contributed by atoms with van der Waals surface area (Å²) < 4.78 is 0.984. The average molecular weight is 816 g/mol. The Bertz CT molecular complexity index is 1930. The summed E-state index contributed by atoms with van der Waals surface area (Å²) in [7, 11) is 6.75. The van der Waals surface area contributed by atoms with Crippen LogP contribution >= 0.6 is 0 Å². The molecule has 0 amide bonds. The normalized spacial score (nSPS) is 15.4. The monoisotopic (exact) mass is 815 g/mol. The van der Waals surface area contributed by atoms with Gasteiger partial charge in [-0.3, -0.25) is 9.98 Å². The zero-order valence-electron chi connectivity index (χ0n) is 35.2. The molecule has 0 radical (unpaired) electrons. The van der Waals surface area contributed by atoms with Crippen molar-refractivity contribution in [2.45, 2.75) is 103 Å². The Kier molecular flexibility index (Phi) is 20.3. The van der Waals surface area contributed by atoms with E-state index in [-0.39, 0.29) is 48.4 Å². The van der Waals surface area contributed by atoms with E-state index in [1.54, 1.807) is 0 Å². The summed E-state index contributed by atoms with van der Waals surface area (Å²) in [6.07, 6.45) is 14.0. The minimum Gasteiger partial charge on any atom is -0.507 e. The minimum atomic E-state index is -1.83. The van der Waals surface area contributed by atoms with Gasteiger partial charge < -0.3 is 32.3 Å². The number of nitrogens with zero attached hydrogens (tertiary/aromatic N) is 3. The Morgan fingerprint density at radius 2 is 1.11 bits per heavy atom. The quantitative estimate of drug-likeness (QED) is 0.0412. The van der Waals surface area contributed by atoms with E-state index < -0.39 is 6.16 Å². The van der Waals surface area contributed by atoms with Gasteiger partial charge in [0, 0.05) is 40.9 Å². The van der Waals surface area contributed by atoms with Crippen LogP contribution in [0.4, 0.5) is 4.79 Å². The van der Waals surface area contributed by atoms with E-state index >= 15 is 0 Å². The number of unbranched alkanes of at least 4 members (excludes halogenated alkanes) is 3. The van der Waals surface area contributed by atoms with Crippen LogP contribution in [0.1, 0.15) is 98.1 Å². The molecule has 9 heteroatoms. The number of phenolic OH excluding ortho intramolecular Hbond substituents is 2. The third kappa shape index (κ3) is 15.1. The molecule has 2 atom stereocenters. The molecule has 0 aromatic heterocycles. The van der Waals surface area contributed by atoms with Crippen molar-refractivity contribution in [1.29, 1.82) is 0 Å². The number of aromatic hydroxyl groups is 2. The molecule has 1 aliphatic carbocycles.